The highest BCUT2D eigenvalue weighted by molar-refractivity contribution is 7.47. The number of aliphatic hydroxyl groups is 3. The SMILES string of the molecule is CCCCCCC/C=C\CCCCCCCCCC/C=C\CCCCC(=O)OC[C@H](COP(=O)(O)O[C@H](CO)[C@H](O)CO)OC(=O)CCCC/C=C\CCCCCCCCC. The number of phosphoric acid groups is 1. The molecule has 0 amide bonds. The minimum Gasteiger partial charge on any atom is -0.462 e. The van der Waals surface area contributed by atoms with Crippen LogP contribution in [0.15, 0.2) is 36.5 Å². The number of unbranched alkanes of at least 4 members (excludes halogenated alkanes) is 25. The Labute approximate surface area is 372 Å². The molecular formula is C49H91O11P. The van der Waals surface area contributed by atoms with Crippen LogP contribution in [0.3, 0.4) is 0 Å². The average Bonchev–Trinajstić information content (AvgIpc) is 3.25. The number of carbonyl (C=O) groups excluding carboxylic acids is 2. The van der Waals surface area contributed by atoms with Crippen molar-refractivity contribution in [1.29, 1.82) is 0 Å². The molecule has 11 nitrogen and oxygen atoms in total. The van der Waals surface area contributed by atoms with Crippen LogP contribution in [0.1, 0.15) is 219 Å². The fourth-order valence-electron chi connectivity index (χ4n) is 6.78. The van der Waals surface area contributed by atoms with Gasteiger partial charge in [0.1, 0.15) is 18.8 Å². The molecule has 358 valence electrons. The highest BCUT2D eigenvalue weighted by Crippen LogP contribution is 2.45. The minimum absolute atomic E-state index is 0.115. The molecule has 12 heteroatoms. The molecule has 0 fully saturated rings. The van der Waals surface area contributed by atoms with E-state index in [1.54, 1.807) is 0 Å². The smallest absolute Gasteiger partial charge is 0.462 e. The lowest BCUT2D eigenvalue weighted by Gasteiger charge is -2.24. The third-order valence-corrected chi connectivity index (χ3v) is 11.7. The Kier molecular flexibility index (Phi) is 43.4. The Morgan fingerprint density at radius 2 is 0.869 bits per heavy atom. The fourth-order valence-corrected chi connectivity index (χ4v) is 7.75. The van der Waals surface area contributed by atoms with E-state index in [1.165, 1.54) is 141 Å². The summed E-state index contributed by atoms with van der Waals surface area (Å²) >= 11 is 0. The van der Waals surface area contributed by atoms with E-state index in [0.29, 0.717) is 12.8 Å². The lowest BCUT2D eigenvalue weighted by molar-refractivity contribution is -0.161. The van der Waals surface area contributed by atoms with Crippen LogP contribution in [0.4, 0.5) is 0 Å². The lowest BCUT2D eigenvalue weighted by Crippen LogP contribution is -2.35. The van der Waals surface area contributed by atoms with E-state index in [9.17, 15) is 29.3 Å². The van der Waals surface area contributed by atoms with Crippen LogP contribution in [0, 0.1) is 0 Å². The molecule has 0 aromatic heterocycles. The van der Waals surface area contributed by atoms with Gasteiger partial charge in [0.15, 0.2) is 6.10 Å². The van der Waals surface area contributed by atoms with Crippen LogP contribution < -0.4 is 0 Å². The first-order valence-corrected chi connectivity index (χ1v) is 26.0. The Morgan fingerprint density at radius 1 is 0.508 bits per heavy atom. The highest BCUT2D eigenvalue weighted by atomic mass is 31.2. The van der Waals surface area contributed by atoms with Crippen LogP contribution in [0.5, 0.6) is 0 Å². The second kappa shape index (κ2) is 44.7. The van der Waals surface area contributed by atoms with Crippen molar-refractivity contribution < 1.29 is 52.9 Å². The van der Waals surface area contributed by atoms with Crippen molar-refractivity contribution in [1.82, 2.24) is 0 Å². The van der Waals surface area contributed by atoms with Gasteiger partial charge in [-0.15, -0.1) is 0 Å². The summed E-state index contributed by atoms with van der Waals surface area (Å²) in [6.45, 7) is 1.80. The van der Waals surface area contributed by atoms with Crippen molar-refractivity contribution in [2.24, 2.45) is 0 Å². The fraction of sp³-hybridized carbons (Fsp3) is 0.837. The highest BCUT2D eigenvalue weighted by Gasteiger charge is 2.32. The molecule has 0 heterocycles. The van der Waals surface area contributed by atoms with Gasteiger partial charge in [-0.2, -0.15) is 0 Å². The van der Waals surface area contributed by atoms with Gasteiger partial charge in [0.05, 0.1) is 19.8 Å². The van der Waals surface area contributed by atoms with Crippen LogP contribution in [-0.4, -0.2) is 76.9 Å². The number of rotatable bonds is 46. The molecule has 0 rings (SSSR count). The van der Waals surface area contributed by atoms with E-state index < -0.39 is 57.9 Å². The summed E-state index contributed by atoms with van der Waals surface area (Å²) in [6, 6.07) is 0. The van der Waals surface area contributed by atoms with Gasteiger partial charge in [0.2, 0.25) is 0 Å². The van der Waals surface area contributed by atoms with Crippen molar-refractivity contribution >= 4 is 19.8 Å². The number of carbonyl (C=O) groups is 2. The molecule has 0 spiro atoms. The number of phosphoric ester groups is 1. The van der Waals surface area contributed by atoms with Crippen LogP contribution in [0.25, 0.3) is 0 Å². The Balaban J connectivity index is 4.35. The predicted molar refractivity (Wildman–Crippen MR) is 248 cm³/mol. The summed E-state index contributed by atoms with van der Waals surface area (Å²) < 4.78 is 33.1. The first-order valence-electron chi connectivity index (χ1n) is 24.5. The first kappa shape index (κ1) is 59.1. The number of hydrogen-bond acceptors (Lipinski definition) is 10. The van der Waals surface area contributed by atoms with E-state index in [2.05, 4.69) is 50.3 Å². The summed E-state index contributed by atoms with van der Waals surface area (Å²) in [5.41, 5.74) is 0. The lowest BCUT2D eigenvalue weighted by atomic mass is 10.1. The van der Waals surface area contributed by atoms with Gasteiger partial charge < -0.3 is 29.7 Å². The maximum Gasteiger partial charge on any atom is 0.472 e. The molecule has 4 N–H and O–H groups in total. The molecule has 0 radical (unpaired) electrons. The van der Waals surface area contributed by atoms with E-state index >= 15 is 0 Å². The largest absolute Gasteiger partial charge is 0.472 e. The Bertz CT molecular complexity index is 1130. The topological polar surface area (TPSA) is 169 Å². The maximum atomic E-state index is 12.7. The second-order valence-corrected chi connectivity index (χ2v) is 18.0. The van der Waals surface area contributed by atoms with Gasteiger partial charge in [-0.25, -0.2) is 4.57 Å². The molecule has 0 aromatic rings. The van der Waals surface area contributed by atoms with Crippen molar-refractivity contribution in [3.05, 3.63) is 36.5 Å². The number of hydrogen-bond donors (Lipinski definition) is 4. The zero-order chi connectivity index (χ0) is 44.9. The summed E-state index contributed by atoms with van der Waals surface area (Å²) in [5, 5.41) is 28.2. The van der Waals surface area contributed by atoms with E-state index in [1.807, 2.05) is 0 Å². The van der Waals surface area contributed by atoms with Crippen molar-refractivity contribution in [2.75, 3.05) is 26.4 Å². The molecule has 61 heavy (non-hydrogen) atoms. The van der Waals surface area contributed by atoms with Gasteiger partial charge in [-0.1, -0.05) is 153 Å². The van der Waals surface area contributed by atoms with Crippen molar-refractivity contribution in [3.63, 3.8) is 0 Å². The molecule has 0 aromatic carbocycles. The van der Waals surface area contributed by atoms with Gasteiger partial charge >= 0.3 is 19.8 Å². The summed E-state index contributed by atoms with van der Waals surface area (Å²) in [5.74, 6) is -1.04. The standard InChI is InChI=1S/C49H91O11P/c1-3-5-7-9-11-13-15-17-18-19-20-21-22-23-24-25-26-28-29-31-33-35-37-39-48(53)57-43-45(44-58-61(55,56)60-47(42-51)46(52)41-50)59-49(54)40-38-36-34-32-30-27-16-14-12-10-8-6-4-2/h15,17,29-32,45-47,50-52H,3-14,16,18-28,33-44H2,1-2H3,(H,55,56)/b17-15-,31-29-,32-30-/t45-,46-,47-/m1/s1. The van der Waals surface area contributed by atoms with Crippen molar-refractivity contribution in [3.8, 4) is 0 Å². The minimum atomic E-state index is -4.86. The number of esters is 2. The van der Waals surface area contributed by atoms with E-state index in [4.69, 9.17) is 23.6 Å². The molecule has 0 aliphatic carbocycles. The van der Waals surface area contributed by atoms with E-state index in [-0.39, 0.29) is 19.4 Å². The Morgan fingerprint density at radius 3 is 1.25 bits per heavy atom. The summed E-state index contributed by atoms with van der Waals surface area (Å²) in [4.78, 5) is 35.3. The number of ether oxygens (including phenoxy) is 2. The zero-order valence-electron chi connectivity index (χ0n) is 38.7. The van der Waals surface area contributed by atoms with Gasteiger partial charge in [0, 0.05) is 12.8 Å². The quantitative estimate of drug-likeness (QED) is 0.0199. The summed E-state index contributed by atoms with van der Waals surface area (Å²) in [7, 11) is -4.86. The van der Waals surface area contributed by atoms with Gasteiger partial charge in [0.25, 0.3) is 0 Å². The zero-order valence-corrected chi connectivity index (χ0v) is 39.6. The average molecular weight is 887 g/mol. The normalized spacial score (nSPS) is 14.5. The molecule has 0 aliphatic heterocycles. The van der Waals surface area contributed by atoms with Crippen molar-refractivity contribution in [2.45, 2.75) is 238 Å². The first-order chi connectivity index (χ1) is 29.7. The Hall–Kier alpha value is -1.85. The number of aliphatic hydroxyl groups excluding tert-OH is 3. The van der Waals surface area contributed by atoms with Crippen LogP contribution in [-0.2, 0) is 32.7 Å². The summed E-state index contributed by atoms with van der Waals surface area (Å²) in [6.07, 6.45) is 44.6. The molecular weight excluding hydrogens is 796 g/mol. The third-order valence-electron chi connectivity index (χ3n) is 10.7. The molecule has 0 aliphatic rings. The maximum absolute atomic E-state index is 12.7. The molecule has 1 unspecified atom stereocenters. The monoisotopic (exact) mass is 887 g/mol. The van der Waals surface area contributed by atoms with E-state index in [0.717, 1.165) is 38.5 Å². The predicted octanol–water partition coefficient (Wildman–Crippen LogP) is 12.5. The number of allylic oxidation sites excluding steroid dienone is 6. The molecule has 0 bridgehead atoms. The molecule has 0 saturated carbocycles. The molecule has 0 saturated heterocycles. The van der Waals surface area contributed by atoms with Gasteiger partial charge in [-0.3, -0.25) is 18.6 Å². The van der Waals surface area contributed by atoms with Crippen LogP contribution in [0.2, 0.25) is 0 Å². The van der Waals surface area contributed by atoms with Crippen LogP contribution >= 0.6 is 7.82 Å². The van der Waals surface area contributed by atoms with Gasteiger partial charge in [-0.05, 0) is 89.9 Å². The third kappa shape index (κ3) is 41.9. The molecule has 4 atom stereocenters. The second-order valence-electron chi connectivity index (χ2n) is 16.6.